The first kappa shape index (κ1) is 26.8. The predicted octanol–water partition coefficient (Wildman–Crippen LogP) is 4.52. The standard InChI is InChI=1S/C27H23F3N6O4/c28-27(29,30)17-3-1-2-16(12-17)24(37)34-18-8-4-14(5-9-18)20-25(38)36(19-10-6-15(7-11-19)26(39)40)23-21(35-20)22(31)32-13-33-23/h1-5,8-9,12-13,15,19H,6-7,10-11H2,(H,34,37)(H,39,40)(H2,31,32,33). The smallest absolute Gasteiger partial charge is 0.416 e. The average Bonchev–Trinajstić information content (AvgIpc) is 2.93. The van der Waals surface area contributed by atoms with Gasteiger partial charge in [0.05, 0.1) is 11.5 Å². The van der Waals surface area contributed by atoms with Gasteiger partial charge in [-0.15, -0.1) is 0 Å². The summed E-state index contributed by atoms with van der Waals surface area (Å²) in [6.45, 7) is 0. The van der Waals surface area contributed by atoms with E-state index in [1.165, 1.54) is 29.1 Å². The maximum absolute atomic E-state index is 13.7. The van der Waals surface area contributed by atoms with Crippen molar-refractivity contribution >= 4 is 34.5 Å². The van der Waals surface area contributed by atoms with Crippen LogP contribution in [0.15, 0.2) is 59.7 Å². The quantitative estimate of drug-likeness (QED) is 0.327. The number of aliphatic carboxylic acids is 1. The van der Waals surface area contributed by atoms with Gasteiger partial charge in [0.15, 0.2) is 11.5 Å². The van der Waals surface area contributed by atoms with Crippen LogP contribution >= 0.6 is 0 Å². The van der Waals surface area contributed by atoms with Crippen molar-refractivity contribution in [1.82, 2.24) is 19.5 Å². The van der Waals surface area contributed by atoms with E-state index in [4.69, 9.17) is 5.73 Å². The van der Waals surface area contributed by atoms with Crippen molar-refractivity contribution in [3.8, 4) is 11.3 Å². The normalized spacial score (nSPS) is 17.5. The highest BCUT2D eigenvalue weighted by Gasteiger charge is 2.31. The number of amides is 1. The third-order valence-electron chi connectivity index (χ3n) is 6.98. The molecule has 4 aromatic rings. The zero-order valence-electron chi connectivity index (χ0n) is 20.9. The van der Waals surface area contributed by atoms with Crippen LogP contribution in [0, 0.1) is 5.92 Å². The highest BCUT2D eigenvalue weighted by atomic mass is 19.4. The van der Waals surface area contributed by atoms with Gasteiger partial charge in [0.1, 0.15) is 17.5 Å². The monoisotopic (exact) mass is 552 g/mol. The van der Waals surface area contributed by atoms with Gasteiger partial charge in [-0.3, -0.25) is 19.0 Å². The lowest BCUT2D eigenvalue weighted by molar-refractivity contribution is -0.143. The van der Waals surface area contributed by atoms with Crippen LogP contribution in [0.1, 0.15) is 47.6 Å². The molecule has 1 aliphatic carbocycles. The largest absolute Gasteiger partial charge is 0.481 e. The number of carbonyl (C=O) groups excluding carboxylic acids is 1. The number of anilines is 2. The first-order valence-corrected chi connectivity index (χ1v) is 12.4. The van der Waals surface area contributed by atoms with E-state index in [1.807, 2.05) is 0 Å². The molecule has 0 radical (unpaired) electrons. The summed E-state index contributed by atoms with van der Waals surface area (Å²) in [5, 5.41) is 11.9. The van der Waals surface area contributed by atoms with Crippen LogP contribution in [0.5, 0.6) is 0 Å². The van der Waals surface area contributed by atoms with E-state index in [2.05, 4.69) is 20.3 Å². The van der Waals surface area contributed by atoms with E-state index in [0.29, 0.717) is 36.9 Å². The number of rotatable bonds is 5. The van der Waals surface area contributed by atoms with Gasteiger partial charge >= 0.3 is 12.1 Å². The Labute approximate surface area is 224 Å². The fraction of sp³-hybridized carbons (Fsp3) is 0.259. The van der Waals surface area contributed by atoms with E-state index in [0.717, 1.165) is 18.2 Å². The number of aromatic nitrogens is 4. The third kappa shape index (κ3) is 5.22. The van der Waals surface area contributed by atoms with Crippen LogP contribution in [0.2, 0.25) is 0 Å². The molecule has 2 aromatic heterocycles. The molecule has 0 saturated heterocycles. The van der Waals surface area contributed by atoms with Crippen molar-refractivity contribution in [2.24, 2.45) is 5.92 Å². The Hall–Kier alpha value is -4.81. The summed E-state index contributed by atoms with van der Waals surface area (Å²) < 4.78 is 40.5. The summed E-state index contributed by atoms with van der Waals surface area (Å²) >= 11 is 0. The zero-order chi connectivity index (χ0) is 28.6. The number of carbonyl (C=O) groups is 2. The summed E-state index contributed by atoms with van der Waals surface area (Å²) in [4.78, 5) is 50.3. The molecular weight excluding hydrogens is 529 g/mol. The Kier molecular flexibility index (Phi) is 6.96. The van der Waals surface area contributed by atoms with Crippen LogP contribution in [-0.2, 0) is 11.0 Å². The number of nitrogens with zero attached hydrogens (tertiary/aromatic N) is 4. The lowest BCUT2D eigenvalue weighted by atomic mass is 9.86. The van der Waals surface area contributed by atoms with E-state index in [-0.39, 0.29) is 34.3 Å². The fourth-order valence-electron chi connectivity index (χ4n) is 4.90. The highest BCUT2D eigenvalue weighted by molar-refractivity contribution is 6.04. The molecule has 2 aromatic carbocycles. The SMILES string of the molecule is Nc1ncnc2c1nc(-c1ccc(NC(=O)c3cccc(C(F)(F)F)c3)cc1)c(=O)n2C1CCC(C(=O)O)CC1. The molecule has 1 fully saturated rings. The molecule has 0 spiro atoms. The highest BCUT2D eigenvalue weighted by Crippen LogP contribution is 2.34. The van der Waals surface area contributed by atoms with Crippen molar-refractivity contribution in [2.45, 2.75) is 37.9 Å². The van der Waals surface area contributed by atoms with Gasteiger partial charge in [-0.2, -0.15) is 13.2 Å². The number of hydrogen-bond donors (Lipinski definition) is 3. The summed E-state index contributed by atoms with van der Waals surface area (Å²) in [6.07, 6.45) is -1.61. The van der Waals surface area contributed by atoms with E-state index in [9.17, 15) is 32.7 Å². The summed E-state index contributed by atoms with van der Waals surface area (Å²) in [6, 6.07) is 9.85. The van der Waals surface area contributed by atoms with E-state index in [1.54, 1.807) is 12.1 Å². The zero-order valence-corrected chi connectivity index (χ0v) is 20.9. The van der Waals surface area contributed by atoms with Crippen molar-refractivity contribution in [2.75, 3.05) is 11.1 Å². The topological polar surface area (TPSA) is 153 Å². The molecule has 4 N–H and O–H groups in total. The molecule has 10 nitrogen and oxygen atoms in total. The van der Waals surface area contributed by atoms with E-state index >= 15 is 0 Å². The van der Waals surface area contributed by atoms with Gasteiger partial charge in [-0.1, -0.05) is 18.2 Å². The van der Waals surface area contributed by atoms with Crippen molar-refractivity contribution in [3.05, 3.63) is 76.3 Å². The third-order valence-corrected chi connectivity index (χ3v) is 6.98. The number of nitrogens with one attached hydrogen (secondary N) is 1. The van der Waals surface area contributed by atoms with Gasteiger partial charge in [0, 0.05) is 22.9 Å². The van der Waals surface area contributed by atoms with Gasteiger partial charge in [0.2, 0.25) is 0 Å². The molecule has 0 aliphatic heterocycles. The Bertz CT molecular complexity index is 1660. The summed E-state index contributed by atoms with van der Waals surface area (Å²) in [5.74, 6) is -1.99. The molecule has 1 amide bonds. The molecule has 0 atom stereocenters. The molecule has 1 aliphatic rings. The number of nitrogens with two attached hydrogens (primary N) is 1. The van der Waals surface area contributed by atoms with E-state index < -0.39 is 35.1 Å². The minimum absolute atomic E-state index is 0.0603. The molecule has 5 rings (SSSR count). The van der Waals surface area contributed by atoms with Crippen LogP contribution in [0.25, 0.3) is 22.4 Å². The minimum Gasteiger partial charge on any atom is -0.481 e. The number of nitrogen functional groups attached to an aromatic ring is 1. The summed E-state index contributed by atoms with van der Waals surface area (Å²) in [7, 11) is 0. The Balaban J connectivity index is 1.46. The molecule has 40 heavy (non-hydrogen) atoms. The lowest BCUT2D eigenvalue weighted by Gasteiger charge is -2.28. The molecule has 206 valence electrons. The first-order valence-electron chi connectivity index (χ1n) is 12.4. The molecule has 0 bridgehead atoms. The van der Waals surface area contributed by atoms with Gasteiger partial charge in [-0.05, 0) is 56.0 Å². The number of alkyl halides is 3. The first-order chi connectivity index (χ1) is 19.0. The maximum Gasteiger partial charge on any atom is 0.416 e. The number of carboxylic acids is 1. The summed E-state index contributed by atoms with van der Waals surface area (Å²) in [5.41, 5.74) is 5.76. The average molecular weight is 553 g/mol. The second-order valence-corrected chi connectivity index (χ2v) is 9.52. The Morgan fingerprint density at radius 1 is 1.02 bits per heavy atom. The van der Waals surface area contributed by atoms with Crippen molar-refractivity contribution in [1.29, 1.82) is 0 Å². The molecule has 13 heteroatoms. The second-order valence-electron chi connectivity index (χ2n) is 9.52. The van der Waals surface area contributed by atoms with Gasteiger partial charge < -0.3 is 16.2 Å². The Morgan fingerprint density at radius 2 is 1.73 bits per heavy atom. The van der Waals surface area contributed by atoms with Gasteiger partial charge in [0.25, 0.3) is 11.5 Å². The predicted molar refractivity (Wildman–Crippen MR) is 139 cm³/mol. The second kappa shape index (κ2) is 10.4. The number of fused-ring (bicyclic) bond motifs is 1. The molecule has 1 saturated carbocycles. The van der Waals surface area contributed by atoms with Crippen LogP contribution in [0.3, 0.4) is 0 Å². The number of benzene rings is 2. The van der Waals surface area contributed by atoms with Gasteiger partial charge in [-0.25, -0.2) is 15.0 Å². The number of hydrogen-bond acceptors (Lipinski definition) is 7. The minimum atomic E-state index is -4.58. The van der Waals surface area contributed by atoms with Crippen molar-refractivity contribution < 1.29 is 27.9 Å². The molecule has 0 unspecified atom stereocenters. The molecule has 2 heterocycles. The maximum atomic E-state index is 13.7. The lowest BCUT2D eigenvalue weighted by Crippen LogP contribution is -2.32. The fourth-order valence-corrected chi connectivity index (χ4v) is 4.90. The number of carboxylic acid groups (broad SMARTS) is 1. The number of halogens is 3. The van der Waals surface area contributed by atoms with Crippen LogP contribution in [-0.4, -0.2) is 36.5 Å². The Morgan fingerprint density at radius 3 is 2.38 bits per heavy atom. The molecular formula is C27H23F3N6O4. The van der Waals surface area contributed by atoms with Crippen molar-refractivity contribution in [3.63, 3.8) is 0 Å². The van der Waals surface area contributed by atoms with Crippen LogP contribution in [0.4, 0.5) is 24.7 Å². The van der Waals surface area contributed by atoms with Crippen LogP contribution < -0.4 is 16.6 Å².